The number of hydrogen-bond donors (Lipinski definition) is 0. The SMILES string of the molecule is CC1c2ccsc2CCN1Cc1ccnc(C#N)c1. The Morgan fingerprint density at radius 2 is 2.42 bits per heavy atom. The van der Waals surface area contributed by atoms with Crippen molar-refractivity contribution in [2.45, 2.75) is 25.9 Å². The summed E-state index contributed by atoms with van der Waals surface area (Å²) >= 11 is 1.86. The molecule has 0 radical (unpaired) electrons. The van der Waals surface area contributed by atoms with Gasteiger partial charge in [0.15, 0.2) is 0 Å². The topological polar surface area (TPSA) is 39.9 Å². The molecule has 0 amide bonds. The van der Waals surface area contributed by atoms with E-state index in [4.69, 9.17) is 5.26 Å². The molecule has 3 rings (SSSR count). The number of nitriles is 1. The summed E-state index contributed by atoms with van der Waals surface area (Å²) in [5.41, 5.74) is 3.13. The van der Waals surface area contributed by atoms with Gasteiger partial charge in [-0.3, -0.25) is 4.90 Å². The molecular formula is C15H15N3S. The molecule has 0 bridgehead atoms. The molecule has 0 aliphatic carbocycles. The van der Waals surface area contributed by atoms with Crippen LogP contribution in [0.15, 0.2) is 29.8 Å². The zero-order valence-corrected chi connectivity index (χ0v) is 11.7. The van der Waals surface area contributed by atoms with Crippen LogP contribution in [-0.2, 0) is 13.0 Å². The van der Waals surface area contributed by atoms with Crippen LogP contribution in [0.4, 0.5) is 0 Å². The first-order valence-electron chi connectivity index (χ1n) is 6.43. The van der Waals surface area contributed by atoms with E-state index in [9.17, 15) is 0 Å². The van der Waals surface area contributed by atoms with Crippen molar-refractivity contribution in [2.24, 2.45) is 0 Å². The second kappa shape index (κ2) is 5.12. The van der Waals surface area contributed by atoms with Gasteiger partial charge in [-0.1, -0.05) is 0 Å². The van der Waals surface area contributed by atoms with Crippen LogP contribution in [0.1, 0.15) is 34.7 Å². The molecule has 0 spiro atoms. The largest absolute Gasteiger partial charge is 0.292 e. The molecule has 1 aliphatic rings. The molecule has 0 saturated heterocycles. The highest BCUT2D eigenvalue weighted by molar-refractivity contribution is 7.10. The number of aromatic nitrogens is 1. The molecule has 96 valence electrons. The van der Waals surface area contributed by atoms with Gasteiger partial charge >= 0.3 is 0 Å². The van der Waals surface area contributed by atoms with Crippen LogP contribution in [-0.4, -0.2) is 16.4 Å². The van der Waals surface area contributed by atoms with E-state index >= 15 is 0 Å². The minimum absolute atomic E-state index is 0.453. The predicted octanol–water partition coefficient (Wildman–Crippen LogP) is 3.13. The number of nitrogens with zero attached hydrogens (tertiary/aromatic N) is 3. The zero-order chi connectivity index (χ0) is 13.2. The molecule has 0 N–H and O–H groups in total. The second-order valence-corrected chi connectivity index (χ2v) is 5.86. The first kappa shape index (κ1) is 12.3. The van der Waals surface area contributed by atoms with E-state index in [1.807, 2.05) is 23.5 Å². The number of hydrogen-bond acceptors (Lipinski definition) is 4. The van der Waals surface area contributed by atoms with Gasteiger partial charge in [0, 0.05) is 30.2 Å². The Kier molecular flexibility index (Phi) is 3.33. The Morgan fingerprint density at radius 1 is 1.53 bits per heavy atom. The molecule has 19 heavy (non-hydrogen) atoms. The van der Waals surface area contributed by atoms with E-state index in [2.05, 4.69) is 34.3 Å². The molecule has 0 saturated carbocycles. The lowest BCUT2D eigenvalue weighted by Crippen LogP contribution is -2.32. The fraction of sp³-hybridized carbons (Fsp3) is 0.333. The molecule has 0 fully saturated rings. The summed E-state index contributed by atoms with van der Waals surface area (Å²) in [7, 11) is 0. The van der Waals surface area contributed by atoms with Crippen molar-refractivity contribution >= 4 is 11.3 Å². The first-order valence-corrected chi connectivity index (χ1v) is 7.31. The van der Waals surface area contributed by atoms with Crippen LogP contribution in [0.3, 0.4) is 0 Å². The first-order chi connectivity index (χ1) is 9.28. The molecule has 2 aromatic heterocycles. The number of rotatable bonds is 2. The zero-order valence-electron chi connectivity index (χ0n) is 10.8. The highest BCUT2D eigenvalue weighted by Gasteiger charge is 2.24. The summed E-state index contributed by atoms with van der Waals surface area (Å²) in [4.78, 5) is 8.01. The third-order valence-electron chi connectivity index (χ3n) is 3.73. The lowest BCUT2D eigenvalue weighted by Gasteiger charge is -2.33. The Morgan fingerprint density at radius 3 is 3.26 bits per heavy atom. The number of pyridine rings is 1. The van der Waals surface area contributed by atoms with Crippen LogP contribution in [0, 0.1) is 11.3 Å². The summed E-state index contributed by atoms with van der Waals surface area (Å²) in [6.45, 7) is 4.23. The fourth-order valence-corrected chi connectivity index (χ4v) is 3.61. The predicted molar refractivity (Wildman–Crippen MR) is 75.8 cm³/mol. The van der Waals surface area contributed by atoms with Gasteiger partial charge in [0.05, 0.1) is 0 Å². The summed E-state index contributed by atoms with van der Waals surface area (Å²) in [5.74, 6) is 0. The van der Waals surface area contributed by atoms with E-state index in [-0.39, 0.29) is 0 Å². The van der Waals surface area contributed by atoms with Crippen LogP contribution in [0.25, 0.3) is 0 Å². The Labute approximate surface area is 117 Å². The Bertz CT molecular complexity index is 626. The van der Waals surface area contributed by atoms with Crippen molar-refractivity contribution in [1.82, 2.24) is 9.88 Å². The number of thiophene rings is 1. The lowest BCUT2D eigenvalue weighted by atomic mass is 10.0. The smallest absolute Gasteiger partial charge is 0.140 e. The molecule has 3 nitrogen and oxygen atoms in total. The maximum atomic E-state index is 8.90. The van der Waals surface area contributed by atoms with Gasteiger partial charge in [-0.15, -0.1) is 11.3 Å². The fourth-order valence-electron chi connectivity index (χ4n) is 2.65. The third kappa shape index (κ3) is 2.40. The molecule has 2 aromatic rings. The van der Waals surface area contributed by atoms with Crippen LogP contribution in [0.5, 0.6) is 0 Å². The van der Waals surface area contributed by atoms with Gasteiger partial charge in [0.25, 0.3) is 0 Å². The Hall–Kier alpha value is -1.70. The van der Waals surface area contributed by atoms with Crippen molar-refractivity contribution < 1.29 is 0 Å². The van der Waals surface area contributed by atoms with Crippen molar-refractivity contribution in [3.8, 4) is 6.07 Å². The van der Waals surface area contributed by atoms with Gasteiger partial charge in [-0.2, -0.15) is 5.26 Å². The maximum absolute atomic E-state index is 8.90. The average Bonchev–Trinajstić information content (AvgIpc) is 2.91. The molecule has 1 atom stereocenters. The lowest BCUT2D eigenvalue weighted by molar-refractivity contribution is 0.191. The summed E-state index contributed by atoms with van der Waals surface area (Å²) < 4.78 is 0. The minimum atomic E-state index is 0.453. The molecular weight excluding hydrogens is 254 g/mol. The average molecular weight is 269 g/mol. The van der Waals surface area contributed by atoms with E-state index < -0.39 is 0 Å². The van der Waals surface area contributed by atoms with Crippen molar-refractivity contribution in [3.05, 3.63) is 51.5 Å². The van der Waals surface area contributed by atoms with E-state index in [1.165, 1.54) is 10.4 Å². The van der Waals surface area contributed by atoms with E-state index in [0.29, 0.717) is 11.7 Å². The summed E-state index contributed by atoms with van der Waals surface area (Å²) in [5, 5.41) is 11.1. The minimum Gasteiger partial charge on any atom is -0.292 e. The molecule has 0 aromatic carbocycles. The van der Waals surface area contributed by atoms with Gasteiger partial charge in [-0.25, -0.2) is 4.98 Å². The highest BCUT2D eigenvalue weighted by atomic mass is 32.1. The van der Waals surface area contributed by atoms with E-state index in [1.54, 1.807) is 6.20 Å². The quantitative estimate of drug-likeness (QED) is 0.841. The van der Waals surface area contributed by atoms with Gasteiger partial charge in [0.2, 0.25) is 0 Å². The maximum Gasteiger partial charge on any atom is 0.140 e. The van der Waals surface area contributed by atoms with Gasteiger partial charge in [0.1, 0.15) is 11.8 Å². The van der Waals surface area contributed by atoms with Gasteiger partial charge in [-0.05, 0) is 48.1 Å². The normalized spacial score (nSPS) is 18.8. The molecule has 1 unspecified atom stereocenters. The van der Waals surface area contributed by atoms with Crippen LogP contribution < -0.4 is 0 Å². The van der Waals surface area contributed by atoms with Crippen molar-refractivity contribution in [2.75, 3.05) is 6.54 Å². The Balaban J connectivity index is 1.79. The van der Waals surface area contributed by atoms with Crippen LogP contribution >= 0.6 is 11.3 Å². The van der Waals surface area contributed by atoms with Crippen molar-refractivity contribution in [1.29, 1.82) is 5.26 Å². The monoisotopic (exact) mass is 269 g/mol. The molecule has 4 heteroatoms. The molecule has 1 aliphatic heterocycles. The second-order valence-electron chi connectivity index (χ2n) is 4.86. The summed E-state index contributed by atoms with van der Waals surface area (Å²) in [6.07, 6.45) is 2.85. The third-order valence-corrected chi connectivity index (χ3v) is 4.72. The summed E-state index contributed by atoms with van der Waals surface area (Å²) in [6, 6.07) is 8.67. The highest BCUT2D eigenvalue weighted by Crippen LogP contribution is 2.33. The van der Waals surface area contributed by atoms with E-state index in [0.717, 1.165) is 25.1 Å². The standard InChI is InChI=1S/C15H15N3S/c1-11-14-4-7-19-15(14)3-6-18(11)10-12-2-5-17-13(8-12)9-16/h2,4-5,7-8,11H,3,6,10H2,1H3. The van der Waals surface area contributed by atoms with Crippen LogP contribution in [0.2, 0.25) is 0 Å². The number of fused-ring (bicyclic) bond motifs is 1. The van der Waals surface area contributed by atoms with Gasteiger partial charge < -0.3 is 0 Å². The van der Waals surface area contributed by atoms with Crippen molar-refractivity contribution in [3.63, 3.8) is 0 Å². The molecule has 3 heterocycles.